The fraction of sp³-hybridized carbons (Fsp3) is 0.462. The number of amides is 2. The molecule has 1 saturated carbocycles. The quantitative estimate of drug-likeness (QED) is 0.304. The molecule has 2 aliphatic rings. The van der Waals surface area contributed by atoms with Gasteiger partial charge in [0.05, 0.1) is 30.6 Å². The molecule has 2 fully saturated rings. The number of carbonyl (C=O) groups is 1. The zero-order valence-electron chi connectivity index (χ0n) is 22.0. The van der Waals surface area contributed by atoms with Crippen LogP contribution in [0, 0.1) is 13.8 Å². The maximum atomic E-state index is 11.9. The van der Waals surface area contributed by atoms with Gasteiger partial charge in [0.2, 0.25) is 4.34 Å². The third-order valence-corrected chi connectivity index (χ3v) is 11.2. The van der Waals surface area contributed by atoms with Crippen molar-refractivity contribution in [3.8, 4) is 11.4 Å². The molecule has 1 saturated heterocycles. The molecule has 12 heteroatoms. The maximum absolute atomic E-state index is 11.9. The van der Waals surface area contributed by atoms with Crippen molar-refractivity contribution in [1.82, 2.24) is 20.3 Å². The molecule has 4 N–H and O–H groups in total. The molecule has 0 unspecified atom stereocenters. The van der Waals surface area contributed by atoms with Crippen molar-refractivity contribution in [2.24, 2.45) is 0 Å². The second-order valence-corrected chi connectivity index (χ2v) is 13.5. The van der Waals surface area contributed by atoms with E-state index in [-0.39, 0.29) is 12.1 Å². The van der Waals surface area contributed by atoms with E-state index in [9.17, 15) is 13.9 Å². The van der Waals surface area contributed by atoms with Gasteiger partial charge in [-0.1, -0.05) is 0 Å². The van der Waals surface area contributed by atoms with E-state index in [0.29, 0.717) is 60.7 Å². The summed E-state index contributed by atoms with van der Waals surface area (Å²) in [6.07, 6.45) is 1.22. The largest absolute Gasteiger partial charge is 0.377 e. The Morgan fingerprint density at radius 2 is 1.95 bits per heavy atom. The summed E-state index contributed by atoms with van der Waals surface area (Å²) in [5.74, 6) is 1.23. The van der Waals surface area contributed by atoms with Gasteiger partial charge in [0.1, 0.15) is 10.6 Å². The van der Waals surface area contributed by atoms with E-state index in [1.165, 1.54) is 11.3 Å². The van der Waals surface area contributed by atoms with E-state index in [2.05, 4.69) is 27.4 Å². The van der Waals surface area contributed by atoms with E-state index < -0.39 is 15.3 Å². The van der Waals surface area contributed by atoms with Gasteiger partial charge in [0.25, 0.3) is 0 Å². The van der Waals surface area contributed by atoms with Crippen molar-refractivity contribution >= 4 is 39.5 Å². The number of urea groups is 1. The lowest BCUT2D eigenvalue weighted by Crippen LogP contribution is -2.44. The smallest absolute Gasteiger partial charge is 0.319 e. The zero-order chi connectivity index (χ0) is 27.1. The van der Waals surface area contributed by atoms with Gasteiger partial charge in [-0.15, -0.1) is 21.9 Å². The zero-order valence-corrected chi connectivity index (χ0v) is 23.7. The van der Waals surface area contributed by atoms with Crippen molar-refractivity contribution in [2.75, 3.05) is 36.5 Å². The Kier molecular flexibility index (Phi) is 7.35. The molecule has 1 atom stereocenters. The molecule has 3 heterocycles. The normalized spacial score (nSPS) is 19.2. The van der Waals surface area contributed by atoms with E-state index in [1.54, 1.807) is 12.1 Å². The molecule has 38 heavy (non-hydrogen) atoms. The van der Waals surface area contributed by atoms with E-state index in [1.807, 2.05) is 39.0 Å². The van der Waals surface area contributed by atoms with E-state index >= 15 is 0 Å². The minimum Gasteiger partial charge on any atom is -0.377 e. The minimum atomic E-state index is -3.25. The van der Waals surface area contributed by atoms with Crippen LogP contribution in [-0.2, 0) is 9.48 Å². The third kappa shape index (κ3) is 4.98. The van der Waals surface area contributed by atoms with Gasteiger partial charge in [0, 0.05) is 35.3 Å². The summed E-state index contributed by atoms with van der Waals surface area (Å²) in [6.45, 7) is 10.2. The summed E-state index contributed by atoms with van der Waals surface area (Å²) >= 11 is 1.34. The molecule has 10 nitrogen and oxygen atoms in total. The number of hydrogen-bond donors (Lipinski definition) is 4. The molecule has 5 rings (SSSR count). The molecule has 0 spiro atoms. The lowest BCUT2D eigenvalue weighted by atomic mass is 10.1. The molecule has 1 aliphatic heterocycles. The average molecular weight is 559 g/mol. The summed E-state index contributed by atoms with van der Waals surface area (Å²) in [5, 5.41) is 5.51. The number of ether oxygens (including phenoxy) is 1. The lowest BCUT2D eigenvalue weighted by Gasteiger charge is -2.39. The number of carbonyl (C=O) groups excluding carboxylic acids is 1. The number of thiazole rings is 1. The number of aryl methyl sites for hydroxylation is 2. The predicted molar refractivity (Wildman–Crippen MR) is 151 cm³/mol. The van der Waals surface area contributed by atoms with Crippen LogP contribution in [0.1, 0.15) is 43.0 Å². The maximum Gasteiger partial charge on any atom is 0.319 e. The van der Waals surface area contributed by atoms with Gasteiger partial charge in [-0.25, -0.2) is 19.7 Å². The van der Waals surface area contributed by atoms with Gasteiger partial charge in [0.15, 0.2) is 5.82 Å². The van der Waals surface area contributed by atoms with Gasteiger partial charge in [-0.05, 0) is 64.8 Å². The molecular weight excluding hydrogens is 524 g/mol. The average Bonchev–Trinajstić information content (AvgIpc) is 3.65. The molecule has 2 aromatic heterocycles. The number of nitrogens with one attached hydrogen (secondary N) is 2. The van der Waals surface area contributed by atoms with Crippen LogP contribution in [0.2, 0.25) is 0 Å². The number of nitrogens with zero attached hydrogens (tertiary/aromatic N) is 4. The van der Waals surface area contributed by atoms with Crippen LogP contribution in [0.3, 0.4) is 0 Å². The SMILES string of the molecule is CCNC(=O)Nc1ccc(-c2nc(N3CCOC[C@@H]3C)cc(C3(S(O)(O)c4nc(C)c(C)s4)CC3)n2)cc1. The molecule has 3 aromatic rings. The molecule has 2 amide bonds. The Morgan fingerprint density at radius 1 is 1.21 bits per heavy atom. The molecule has 0 bridgehead atoms. The van der Waals surface area contributed by atoms with Gasteiger partial charge in [-0.2, -0.15) is 0 Å². The first-order valence-corrected chi connectivity index (χ1v) is 15.1. The van der Waals surface area contributed by atoms with E-state index in [4.69, 9.17) is 14.7 Å². The van der Waals surface area contributed by atoms with Crippen LogP contribution in [0.15, 0.2) is 34.7 Å². The summed E-state index contributed by atoms with van der Waals surface area (Å²) in [6, 6.07) is 9.08. The first-order chi connectivity index (χ1) is 18.1. The van der Waals surface area contributed by atoms with Crippen molar-refractivity contribution in [2.45, 2.75) is 55.7 Å². The minimum absolute atomic E-state index is 0.114. The predicted octanol–water partition coefficient (Wildman–Crippen LogP) is 5.38. The molecule has 1 aromatic carbocycles. The lowest BCUT2D eigenvalue weighted by molar-refractivity contribution is 0.0985. The van der Waals surface area contributed by atoms with Crippen LogP contribution >= 0.6 is 21.9 Å². The van der Waals surface area contributed by atoms with Crippen LogP contribution in [-0.4, -0.2) is 62.4 Å². The first-order valence-electron chi connectivity index (χ1n) is 12.8. The first kappa shape index (κ1) is 26.8. The van der Waals surface area contributed by atoms with Gasteiger partial charge < -0.3 is 20.3 Å². The Morgan fingerprint density at radius 3 is 2.55 bits per heavy atom. The number of morpholine rings is 1. The van der Waals surface area contributed by atoms with Crippen LogP contribution in [0.5, 0.6) is 0 Å². The summed E-state index contributed by atoms with van der Waals surface area (Å²) in [5.41, 5.74) is 2.85. The Bertz CT molecular complexity index is 1310. The topological polar surface area (TPSA) is 133 Å². The van der Waals surface area contributed by atoms with Crippen LogP contribution < -0.4 is 15.5 Å². The Labute approximate surface area is 228 Å². The van der Waals surface area contributed by atoms with Crippen LogP contribution in [0.4, 0.5) is 16.3 Å². The third-order valence-electron chi connectivity index (χ3n) is 7.08. The van der Waals surface area contributed by atoms with Crippen molar-refractivity contribution in [3.05, 3.63) is 46.6 Å². The number of rotatable bonds is 7. The Hall–Kier alpha value is -2.77. The number of anilines is 2. The van der Waals surface area contributed by atoms with Gasteiger partial charge >= 0.3 is 6.03 Å². The summed E-state index contributed by atoms with van der Waals surface area (Å²) in [7, 11) is -3.25. The highest BCUT2D eigenvalue weighted by atomic mass is 32.3. The second kappa shape index (κ2) is 10.4. The van der Waals surface area contributed by atoms with Crippen molar-refractivity contribution in [1.29, 1.82) is 0 Å². The second-order valence-electron chi connectivity index (χ2n) is 9.78. The highest BCUT2D eigenvalue weighted by Gasteiger charge is 2.59. The molecular formula is C26H34N6O4S2. The molecule has 0 radical (unpaired) electrons. The highest BCUT2D eigenvalue weighted by Crippen LogP contribution is 2.75. The number of aromatic nitrogens is 3. The fourth-order valence-corrected chi connectivity index (χ4v) is 8.20. The van der Waals surface area contributed by atoms with Crippen molar-refractivity contribution in [3.63, 3.8) is 0 Å². The molecule has 204 valence electrons. The highest BCUT2D eigenvalue weighted by molar-refractivity contribution is 8.26. The van der Waals surface area contributed by atoms with Crippen LogP contribution in [0.25, 0.3) is 11.4 Å². The van der Waals surface area contributed by atoms with E-state index in [0.717, 1.165) is 22.0 Å². The number of benzene rings is 1. The summed E-state index contributed by atoms with van der Waals surface area (Å²) < 4.78 is 28.3. The summed E-state index contributed by atoms with van der Waals surface area (Å²) in [4.78, 5) is 29.4. The Balaban J connectivity index is 1.55. The number of hydrogen-bond acceptors (Lipinski definition) is 9. The fourth-order valence-electron chi connectivity index (χ4n) is 4.58. The van der Waals surface area contributed by atoms with Gasteiger partial charge in [-0.3, -0.25) is 9.11 Å². The molecule has 1 aliphatic carbocycles. The monoisotopic (exact) mass is 558 g/mol. The van der Waals surface area contributed by atoms with Crippen molar-refractivity contribution < 1.29 is 18.6 Å². The standard InChI is InChI=1S/C26H34N6O4S2/c1-5-27-24(33)29-20-8-6-19(7-9-20)23-30-21(14-22(31-23)32-12-13-36-15-16(32)2)26(10-11-26)38(34,35)25-28-17(3)18(4)37-25/h6-9,14,16,34-35H,5,10-13,15H2,1-4H3,(H2,27,29,33)/t16-/m0/s1.